The molecule has 0 radical (unpaired) electrons. The summed E-state index contributed by atoms with van der Waals surface area (Å²) in [5.41, 5.74) is 0. The van der Waals surface area contributed by atoms with Crippen molar-refractivity contribution in [1.82, 2.24) is 9.80 Å². The Hall–Kier alpha value is -1.72. The van der Waals surface area contributed by atoms with E-state index in [-0.39, 0.29) is 0 Å². The smallest absolute Gasteiger partial charge is 0.415 e. The lowest BCUT2D eigenvalue weighted by Crippen LogP contribution is -2.47. The van der Waals surface area contributed by atoms with Gasteiger partial charge >= 0.3 is 12.2 Å². The Labute approximate surface area is 101 Å². The van der Waals surface area contributed by atoms with Crippen LogP contribution in [0.3, 0.4) is 0 Å². The summed E-state index contributed by atoms with van der Waals surface area (Å²) < 4.78 is 9.77. The van der Waals surface area contributed by atoms with Crippen LogP contribution in [0.25, 0.3) is 0 Å². The van der Waals surface area contributed by atoms with Gasteiger partial charge in [0.2, 0.25) is 0 Å². The lowest BCUT2D eigenvalue weighted by atomic mass is 10.3. The van der Waals surface area contributed by atoms with Gasteiger partial charge < -0.3 is 9.47 Å². The molecule has 1 saturated heterocycles. The van der Waals surface area contributed by atoms with E-state index in [1.54, 1.807) is 13.8 Å². The molecule has 0 N–H and O–H groups in total. The number of hydrogen-bond acceptors (Lipinski definition) is 4. The van der Waals surface area contributed by atoms with Crippen LogP contribution >= 0.6 is 0 Å². The van der Waals surface area contributed by atoms with Gasteiger partial charge in [0, 0.05) is 13.1 Å². The number of carbonyl (C=O) groups excluding carboxylic acids is 2. The van der Waals surface area contributed by atoms with Gasteiger partial charge in [-0.2, -0.15) is 0 Å². The van der Waals surface area contributed by atoms with E-state index < -0.39 is 12.2 Å². The number of hydrogen-bond donors (Lipinski definition) is 0. The second-order valence-electron chi connectivity index (χ2n) is 3.47. The first-order valence-corrected chi connectivity index (χ1v) is 5.69. The van der Waals surface area contributed by atoms with Crippen molar-refractivity contribution in [2.75, 3.05) is 26.3 Å². The Balaban J connectivity index is 2.68. The average molecular weight is 242 g/mol. The van der Waals surface area contributed by atoms with Crippen LogP contribution in [0, 0.1) is 0 Å². The normalized spacial score (nSPS) is 15.8. The highest BCUT2D eigenvalue weighted by Gasteiger charge is 2.30. The second kappa shape index (κ2) is 6.12. The highest BCUT2D eigenvalue weighted by atomic mass is 16.6. The van der Waals surface area contributed by atoms with Crippen molar-refractivity contribution in [3.8, 4) is 0 Å². The van der Waals surface area contributed by atoms with E-state index in [4.69, 9.17) is 9.47 Å². The molecular weight excluding hydrogens is 224 g/mol. The molecule has 0 spiro atoms. The molecule has 96 valence electrons. The summed E-state index contributed by atoms with van der Waals surface area (Å²) in [7, 11) is 0. The quantitative estimate of drug-likeness (QED) is 0.740. The van der Waals surface area contributed by atoms with Gasteiger partial charge in [-0.25, -0.2) is 9.59 Å². The summed E-state index contributed by atoms with van der Waals surface area (Å²) in [4.78, 5) is 25.9. The monoisotopic (exact) mass is 242 g/mol. The fourth-order valence-corrected chi connectivity index (χ4v) is 1.59. The maximum atomic E-state index is 11.6. The fraction of sp³-hybridized carbons (Fsp3) is 0.636. The first kappa shape index (κ1) is 13.3. The molecule has 1 aliphatic heterocycles. The Morgan fingerprint density at radius 1 is 1.12 bits per heavy atom. The highest BCUT2D eigenvalue weighted by Crippen LogP contribution is 2.18. The zero-order valence-corrected chi connectivity index (χ0v) is 10.3. The van der Waals surface area contributed by atoms with Gasteiger partial charge in [0.1, 0.15) is 5.82 Å². The number of ether oxygens (including phenoxy) is 2. The standard InChI is InChI=1S/C11H18N2O4/c1-4-16-10(14)12-7-6-8-13(9(12)3)11(15)17-5-2/h3-8H2,1-2H3. The lowest BCUT2D eigenvalue weighted by molar-refractivity contribution is 0.0743. The van der Waals surface area contributed by atoms with E-state index in [1.807, 2.05) is 0 Å². The van der Waals surface area contributed by atoms with Crippen LogP contribution in [-0.4, -0.2) is 48.3 Å². The van der Waals surface area contributed by atoms with E-state index in [0.29, 0.717) is 38.5 Å². The van der Waals surface area contributed by atoms with Crippen molar-refractivity contribution in [2.45, 2.75) is 20.3 Å². The maximum absolute atomic E-state index is 11.6. The largest absolute Gasteiger partial charge is 0.449 e. The summed E-state index contributed by atoms with van der Waals surface area (Å²) in [6.45, 7) is 8.80. The summed E-state index contributed by atoms with van der Waals surface area (Å²) in [6, 6.07) is 0. The molecule has 1 heterocycles. The van der Waals surface area contributed by atoms with Crippen LogP contribution in [-0.2, 0) is 9.47 Å². The van der Waals surface area contributed by atoms with Crippen LogP contribution in [0.15, 0.2) is 12.4 Å². The minimum absolute atomic E-state index is 0.294. The predicted molar refractivity (Wildman–Crippen MR) is 61.2 cm³/mol. The average Bonchev–Trinajstić information content (AvgIpc) is 2.29. The van der Waals surface area contributed by atoms with Gasteiger partial charge in [0.15, 0.2) is 0 Å². The minimum Gasteiger partial charge on any atom is -0.449 e. The van der Waals surface area contributed by atoms with Crippen LogP contribution < -0.4 is 0 Å². The summed E-state index contributed by atoms with van der Waals surface area (Å²) >= 11 is 0. The van der Waals surface area contributed by atoms with E-state index in [0.717, 1.165) is 0 Å². The summed E-state index contributed by atoms with van der Waals surface area (Å²) in [5.74, 6) is 0.313. The Bertz CT molecular complexity index is 289. The predicted octanol–water partition coefficient (Wildman–Crippen LogP) is 1.78. The molecule has 6 heteroatoms. The fourth-order valence-electron chi connectivity index (χ4n) is 1.59. The molecule has 1 aliphatic rings. The molecule has 1 fully saturated rings. The van der Waals surface area contributed by atoms with Gasteiger partial charge in [-0.05, 0) is 20.3 Å². The molecule has 1 rings (SSSR count). The highest BCUT2D eigenvalue weighted by molar-refractivity contribution is 5.74. The van der Waals surface area contributed by atoms with Gasteiger partial charge in [-0.1, -0.05) is 6.58 Å². The number of carbonyl (C=O) groups is 2. The Kier molecular flexibility index (Phi) is 4.81. The van der Waals surface area contributed by atoms with E-state index in [2.05, 4.69) is 6.58 Å². The number of nitrogens with zero attached hydrogens (tertiary/aromatic N) is 2. The van der Waals surface area contributed by atoms with Crippen molar-refractivity contribution in [1.29, 1.82) is 0 Å². The third kappa shape index (κ3) is 3.12. The molecule has 2 amide bonds. The lowest BCUT2D eigenvalue weighted by Gasteiger charge is -2.35. The molecule has 17 heavy (non-hydrogen) atoms. The molecule has 0 aromatic rings. The van der Waals surface area contributed by atoms with E-state index in [1.165, 1.54) is 9.80 Å². The van der Waals surface area contributed by atoms with Crippen molar-refractivity contribution < 1.29 is 19.1 Å². The third-order valence-electron chi connectivity index (χ3n) is 2.36. The number of rotatable bonds is 2. The Morgan fingerprint density at radius 3 is 1.88 bits per heavy atom. The zero-order valence-electron chi connectivity index (χ0n) is 10.3. The third-order valence-corrected chi connectivity index (χ3v) is 2.36. The summed E-state index contributed by atoms with van der Waals surface area (Å²) in [6.07, 6.45) is -0.283. The van der Waals surface area contributed by atoms with Crippen LogP contribution in [0.4, 0.5) is 9.59 Å². The van der Waals surface area contributed by atoms with Crippen molar-refractivity contribution in [3.63, 3.8) is 0 Å². The Morgan fingerprint density at radius 2 is 1.53 bits per heavy atom. The van der Waals surface area contributed by atoms with Crippen LogP contribution in [0.2, 0.25) is 0 Å². The van der Waals surface area contributed by atoms with Gasteiger partial charge in [-0.3, -0.25) is 9.80 Å². The van der Waals surface area contributed by atoms with Gasteiger partial charge in [0.25, 0.3) is 0 Å². The topological polar surface area (TPSA) is 59.1 Å². The van der Waals surface area contributed by atoms with Crippen molar-refractivity contribution in [2.24, 2.45) is 0 Å². The molecule has 0 bridgehead atoms. The molecule has 0 atom stereocenters. The maximum Gasteiger partial charge on any atom is 0.415 e. The van der Waals surface area contributed by atoms with Gasteiger partial charge in [-0.15, -0.1) is 0 Å². The SMILES string of the molecule is C=C1N(C(=O)OCC)CCCN1C(=O)OCC. The second-order valence-corrected chi connectivity index (χ2v) is 3.47. The van der Waals surface area contributed by atoms with Crippen molar-refractivity contribution in [3.05, 3.63) is 12.4 Å². The van der Waals surface area contributed by atoms with E-state index >= 15 is 0 Å². The molecule has 0 aromatic heterocycles. The molecule has 6 nitrogen and oxygen atoms in total. The molecule has 0 aromatic carbocycles. The summed E-state index contributed by atoms with van der Waals surface area (Å²) in [5, 5.41) is 0. The molecule has 0 unspecified atom stereocenters. The molecule has 0 aliphatic carbocycles. The first-order chi connectivity index (χ1) is 8.11. The minimum atomic E-state index is -0.480. The first-order valence-electron chi connectivity index (χ1n) is 5.69. The van der Waals surface area contributed by atoms with Gasteiger partial charge in [0.05, 0.1) is 13.2 Å². The van der Waals surface area contributed by atoms with Crippen LogP contribution in [0.5, 0.6) is 0 Å². The van der Waals surface area contributed by atoms with E-state index in [9.17, 15) is 9.59 Å². The molecular formula is C11H18N2O4. The zero-order chi connectivity index (χ0) is 12.8. The van der Waals surface area contributed by atoms with Crippen molar-refractivity contribution >= 4 is 12.2 Å². The molecule has 0 saturated carbocycles. The van der Waals surface area contributed by atoms with Crippen LogP contribution in [0.1, 0.15) is 20.3 Å². The number of amides is 2.